The summed E-state index contributed by atoms with van der Waals surface area (Å²) in [5.74, 6) is 0.572. The third-order valence-electron chi connectivity index (χ3n) is 4.12. The van der Waals surface area contributed by atoms with Gasteiger partial charge in [-0.05, 0) is 51.7 Å². The third-order valence-corrected chi connectivity index (χ3v) is 4.12. The van der Waals surface area contributed by atoms with Gasteiger partial charge in [-0.2, -0.15) is 5.10 Å². The minimum Gasteiger partial charge on any atom is -0.506 e. The molecule has 2 aromatic rings. The van der Waals surface area contributed by atoms with Gasteiger partial charge in [0.1, 0.15) is 11.4 Å². The van der Waals surface area contributed by atoms with Crippen LogP contribution in [0, 0.1) is 0 Å². The first-order chi connectivity index (χ1) is 10.8. The maximum absolute atomic E-state index is 12.1. The summed E-state index contributed by atoms with van der Waals surface area (Å²) >= 11 is 0. The Hall–Kier alpha value is -2.24. The predicted octanol–water partition coefficient (Wildman–Crippen LogP) is 3.15. The number of piperidine rings is 1. The average molecular weight is 317 g/mol. The van der Waals surface area contributed by atoms with Gasteiger partial charge in [-0.3, -0.25) is 0 Å². The molecule has 0 aromatic carbocycles. The summed E-state index contributed by atoms with van der Waals surface area (Å²) in [5, 5.41) is 13.8. The maximum Gasteiger partial charge on any atom is 0.410 e. The van der Waals surface area contributed by atoms with Crippen molar-refractivity contribution in [2.24, 2.45) is 0 Å². The van der Waals surface area contributed by atoms with Crippen molar-refractivity contribution in [2.45, 2.75) is 45.1 Å². The number of carbonyl (C=O) groups excluding carboxylic acids is 1. The number of pyridine rings is 1. The van der Waals surface area contributed by atoms with Crippen molar-refractivity contribution >= 4 is 11.6 Å². The number of amides is 1. The first-order valence-corrected chi connectivity index (χ1v) is 7.98. The summed E-state index contributed by atoms with van der Waals surface area (Å²) in [6, 6.07) is 3.56. The number of fused-ring (bicyclic) bond motifs is 1. The van der Waals surface area contributed by atoms with Crippen LogP contribution in [0.5, 0.6) is 5.75 Å². The van der Waals surface area contributed by atoms with E-state index in [1.54, 1.807) is 21.7 Å². The minimum atomic E-state index is -0.460. The summed E-state index contributed by atoms with van der Waals surface area (Å²) in [5.41, 5.74) is 1.73. The lowest BCUT2D eigenvalue weighted by Gasteiger charge is -2.33. The third kappa shape index (κ3) is 3.41. The lowest BCUT2D eigenvalue weighted by atomic mass is 9.90. The number of carbonyl (C=O) groups is 1. The molecule has 124 valence electrons. The van der Waals surface area contributed by atoms with Gasteiger partial charge in [0.15, 0.2) is 0 Å². The van der Waals surface area contributed by atoms with E-state index in [1.807, 2.05) is 33.0 Å². The van der Waals surface area contributed by atoms with Crippen LogP contribution in [0.3, 0.4) is 0 Å². The van der Waals surface area contributed by atoms with Crippen LogP contribution >= 0.6 is 0 Å². The van der Waals surface area contributed by atoms with Gasteiger partial charge in [-0.15, -0.1) is 0 Å². The molecule has 2 aromatic heterocycles. The van der Waals surface area contributed by atoms with E-state index in [2.05, 4.69) is 5.10 Å². The molecule has 0 radical (unpaired) electrons. The standard InChI is InChI=1S/C17H23N3O3/c1-17(2,3)23-16(22)19-8-6-12(7-9-19)14-10-18-20-11-13(21)4-5-15(14)20/h4-5,10-12,21H,6-9H2,1-3H3. The van der Waals surface area contributed by atoms with Gasteiger partial charge in [0.25, 0.3) is 0 Å². The molecule has 6 heteroatoms. The van der Waals surface area contributed by atoms with Crippen LogP contribution in [0.4, 0.5) is 4.79 Å². The molecule has 3 heterocycles. The van der Waals surface area contributed by atoms with Crippen molar-refractivity contribution in [2.75, 3.05) is 13.1 Å². The number of hydrogen-bond acceptors (Lipinski definition) is 4. The molecule has 1 aliphatic rings. The Labute approximate surface area is 135 Å². The summed E-state index contributed by atoms with van der Waals surface area (Å²) in [6.45, 7) is 7.02. The van der Waals surface area contributed by atoms with Crippen molar-refractivity contribution in [1.82, 2.24) is 14.5 Å². The van der Waals surface area contributed by atoms with Gasteiger partial charge in [-0.1, -0.05) is 0 Å². The second-order valence-electron chi connectivity index (χ2n) is 7.06. The molecule has 0 atom stereocenters. The van der Waals surface area contributed by atoms with Gasteiger partial charge in [-0.25, -0.2) is 9.31 Å². The van der Waals surface area contributed by atoms with E-state index in [-0.39, 0.29) is 11.8 Å². The van der Waals surface area contributed by atoms with Gasteiger partial charge in [0, 0.05) is 18.7 Å². The Morgan fingerprint density at radius 2 is 2.00 bits per heavy atom. The number of ether oxygens (including phenoxy) is 1. The summed E-state index contributed by atoms with van der Waals surface area (Å²) in [7, 11) is 0. The van der Waals surface area contributed by atoms with E-state index in [0.29, 0.717) is 19.0 Å². The smallest absolute Gasteiger partial charge is 0.410 e. The molecular formula is C17H23N3O3. The molecule has 0 saturated carbocycles. The number of rotatable bonds is 1. The highest BCUT2D eigenvalue weighted by molar-refractivity contribution is 5.68. The number of aromatic hydroxyl groups is 1. The quantitative estimate of drug-likeness (QED) is 0.877. The van der Waals surface area contributed by atoms with E-state index in [4.69, 9.17) is 4.74 Å². The number of aromatic nitrogens is 2. The predicted molar refractivity (Wildman–Crippen MR) is 86.6 cm³/mol. The second kappa shape index (κ2) is 5.76. The molecule has 23 heavy (non-hydrogen) atoms. The van der Waals surface area contributed by atoms with Crippen LogP contribution in [0.2, 0.25) is 0 Å². The van der Waals surface area contributed by atoms with E-state index < -0.39 is 5.60 Å². The molecule has 0 bridgehead atoms. The van der Waals surface area contributed by atoms with E-state index in [0.717, 1.165) is 18.4 Å². The molecule has 3 rings (SSSR count). The molecule has 1 N–H and O–H groups in total. The Balaban J connectivity index is 1.67. The average Bonchev–Trinajstić information content (AvgIpc) is 2.88. The van der Waals surface area contributed by atoms with Gasteiger partial charge in [0.2, 0.25) is 0 Å². The van der Waals surface area contributed by atoms with Crippen molar-refractivity contribution in [3.05, 3.63) is 30.1 Å². The van der Waals surface area contributed by atoms with E-state index >= 15 is 0 Å². The van der Waals surface area contributed by atoms with Crippen molar-refractivity contribution < 1.29 is 14.6 Å². The lowest BCUT2D eigenvalue weighted by molar-refractivity contribution is 0.0205. The SMILES string of the molecule is CC(C)(C)OC(=O)N1CCC(c2cnn3cc(O)ccc23)CC1. The van der Waals surface area contributed by atoms with E-state index in [9.17, 15) is 9.90 Å². The van der Waals surface area contributed by atoms with Gasteiger partial charge in [0.05, 0.1) is 17.9 Å². The fourth-order valence-corrected chi connectivity index (χ4v) is 3.01. The van der Waals surface area contributed by atoms with Crippen LogP contribution < -0.4 is 0 Å². The Bertz CT molecular complexity index is 709. The fourth-order valence-electron chi connectivity index (χ4n) is 3.01. The van der Waals surface area contributed by atoms with Crippen LogP contribution in [-0.4, -0.2) is 44.4 Å². The maximum atomic E-state index is 12.1. The molecule has 1 saturated heterocycles. The topological polar surface area (TPSA) is 67.1 Å². The molecule has 1 aliphatic heterocycles. The normalized spacial score (nSPS) is 16.7. The lowest BCUT2D eigenvalue weighted by Crippen LogP contribution is -2.41. The highest BCUT2D eigenvalue weighted by Crippen LogP contribution is 2.31. The highest BCUT2D eigenvalue weighted by Gasteiger charge is 2.28. The minimum absolute atomic E-state index is 0.201. The zero-order valence-electron chi connectivity index (χ0n) is 13.8. The van der Waals surface area contributed by atoms with E-state index in [1.165, 1.54) is 5.56 Å². The largest absolute Gasteiger partial charge is 0.506 e. The second-order valence-corrected chi connectivity index (χ2v) is 7.06. The number of nitrogens with zero attached hydrogens (tertiary/aromatic N) is 3. The molecule has 0 unspecified atom stereocenters. The molecule has 1 fully saturated rings. The van der Waals surface area contributed by atoms with Crippen LogP contribution in [0.25, 0.3) is 5.52 Å². The van der Waals surface area contributed by atoms with Crippen LogP contribution in [0.15, 0.2) is 24.5 Å². The molecule has 0 aliphatic carbocycles. The first kappa shape index (κ1) is 15.6. The highest BCUT2D eigenvalue weighted by atomic mass is 16.6. The summed E-state index contributed by atoms with van der Waals surface area (Å²) < 4.78 is 7.13. The van der Waals surface area contributed by atoms with Crippen molar-refractivity contribution in [1.29, 1.82) is 0 Å². The van der Waals surface area contributed by atoms with Crippen molar-refractivity contribution in [3.63, 3.8) is 0 Å². The molecule has 1 amide bonds. The first-order valence-electron chi connectivity index (χ1n) is 7.98. The number of likely N-dealkylation sites (tertiary alicyclic amines) is 1. The van der Waals surface area contributed by atoms with Crippen LogP contribution in [-0.2, 0) is 4.74 Å². The van der Waals surface area contributed by atoms with Gasteiger partial charge < -0.3 is 14.7 Å². The molecular weight excluding hydrogens is 294 g/mol. The van der Waals surface area contributed by atoms with Crippen LogP contribution in [0.1, 0.15) is 45.1 Å². The monoisotopic (exact) mass is 317 g/mol. The number of hydrogen-bond donors (Lipinski definition) is 1. The molecule has 6 nitrogen and oxygen atoms in total. The van der Waals surface area contributed by atoms with Crippen molar-refractivity contribution in [3.8, 4) is 5.75 Å². The fraction of sp³-hybridized carbons (Fsp3) is 0.529. The zero-order chi connectivity index (χ0) is 16.6. The zero-order valence-corrected chi connectivity index (χ0v) is 13.8. The Morgan fingerprint density at radius 1 is 1.30 bits per heavy atom. The Kier molecular flexibility index (Phi) is 3.92. The Morgan fingerprint density at radius 3 is 2.65 bits per heavy atom. The molecule has 0 spiro atoms. The summed E-state index contributed by atoms with van der Waals surface area (Å²) in [6.07, 6.45) is 5.01. The summed E-state index contributed by atoms with van der Waals surface area (Å²) in [4.78, 5) is 13.9. The van der Waals surface area contributed by atoms with Gasteiger partial charge >= 0.3 is 6.09 Å².